The van der Waals surface area contributed by atoms with Crippen LogP contribution in [0.3, 0.4) is 0 Å². The minimum Gasteiger partial charge on any atom is -0.442 e. The summed E-state index contributed by atoms with van der Waals surface area (Å²) in [7, 11) is 1.77. The van der Waals surface area contributed by atoms with Gasteiger partial charge in [-0.25, -0.2) is 4.79 Å². The molecular weight excluding hydrogens is 288 g/mol. The van der Waals surface area contributed by atoms with E-state index in [1.165, 1.54) is 4.90 Å². The number of carbonyl (C=O) groups is 2. The lowest BCUT2D eigenvalue weighted by atomic mass is 9.99. The van der Waals surface area contributed by atoms with E-state index in [0.29, 0.717) is 32.1 Å². The number of hydrogen-bond acceptors (Lipinski definition) is 5. The van der Waals surface area contributed by atoms with E-state index in [1.54, 1.807) is 24.0 Å². The van der Waals surface area contributed by atoms with Crippen LogP contribution in [0.4, 0.5) is 10.6 Å². The van der Waals surface area contributed by atoms with Crippen LogP contribution in [0.1, 0.15) is 12.8 Å². The molecular formula is C14H20N4O4. The molecule has 2 saturated heterocycles. The molecule has 3 heterocycles. The molecule has 22 heavy (non-hydrogen) atoms. The van der Waals surface area contributed by atoms with Crippen LogP contribution in [0, 0.1) is 5.92 Å². The Kier molecular flexibility index (Phi) is 4.28. The third-order valence-electron chi connectivity index (χ3n) is 4.04. The Bertz CT molecular complexity index is 553. The summed E-state index contributed by atoms with van der Waals surface area (Å²) in [6.07, 6.45) is 2.37. The fourth-order valence-corrected chi connectivity index (χ4v) is 2.77. The first-order valence-corrected chi connectivity index (χ1v) is 7.47. The first-order chi connectivity index (χ1) is 10.6. The van der Waals surface area contributed by atoms with Gasteiger partial charge in [0.15, 0.2) is 0 Å². The van der Waals surface area contributed by atoms with Gasteiger partial charge in [0.1, 0.15) is 11.9 Å². The van der Waals surface area contributed by atoms with E-state index in [4.69, 9.17) is 9.47 Å². The zero-order valence-corrected chi connectivity index (χ0v) is 12.5. The number of hydrogen-bond donors (Lipinski definition) is 1. The average molecular weight is 308 g/mol. The number of carbonyl (C=O) groups excluding carboxylic acids is 2. The predicted molar refractivity (Wildman–Crippen MR) is 77.4 cm³/mol. The fraction of sp³-hybridized carbons (Fsp3) is 0.643. The highest BCUT2D eigenvalue weighted by Gasteiger charge is 2.34. The molecule has 1 aromatic heterocycles. The molecule has 1 atom stereocenters. The summed E-state index contributed by atoms with van der Waals surface area (Å²) in [5.41, 5.74) is 0. The van der Waals surface area contributed by atoms with Gasteiger partial charge in [-0.3, -0.25) is 14.4 Å². The SMILES string of the molecule is Cn1nccc1N1CC(CNC(=O)C2CCOCC2)OC1=O. The van der Waals surface area contributed by atoms with Crippen molar-refractivity contribution in [2.24, 2.45) is 13.0 Å². The van der Waals surface area contributed by atoms with Crippen molar-refractivity contribution in [3.8, 4) is 0 Å². The van der Waals surface area contributed by atoms with E-state index in [9.17, 15) is 9.59 Å². The molecule has 0 saturated carbocycles. The molecule has 0 aromatic carbocycles. The van der Waals surface area contributed by atoms with E-state index in [0.717, 1.165) is 12.8 Å². The third kappa shape index (κ3) is 3.06. The fourth-order valence-electron chi connectivity index (χ4n) is 2.77. The lowest BCUT2D eigenvalue weighted by molar-refractivity contribution is -0.128. The van der Waals surface area contributed by atoms with Gasteiger partial charge in [0.25, 0.3) is 0 Å². The Morgan fingerprint density at radius 2 is 2.23 bits per heavy atom. The van der Waals surface area contributed by atoms with Crippen LogP contribution < -0.4 is 10.2 Å². The first-order valence-electron chi connectivity index (χ1n) is 7.47. The summed E-state index contributed by atoms with van der Waals surface area (Å²) in [5, 5.41) is 6.92. The van der Waals surface area contributed by atoms with Gasteiger partial charge in [-0.1, -0.05) is 0 Å². The number of aromatic nitrogens is 2. The molecule has 120 valence electrons. The first kappa shape index (κ1) is 14.8. The number of anilines is 1. The Balaban J connectivity index is 1.51. The van der Waals surface area contributed by atoms with Gasteiger partial charge >= 0.3 is 6.09 Å². The molecule has 0 bridgehead atoms. The minimum atomic E-state index is -0.408. The second kappa shape index (κ2) is 6.35. The molecule has 0 spiro atoms. The Labute approximate surface area is 128 Å². The van der Waals surface area contributed by atoms with E-state index in [1.807, 2.05) is 0 Å². The predicted octanol–water partition coefficient (Wildman–Crippen LogP) is 0.288. The normalized spacial score (nSPS) is 22.7. The van der Waals surface area contributed by atoms with Crippen molar-refractivity contribution in [3.05, 3.63) is 12.3 Å². The molecule has 0 radical (unpaired) electrons. The third-order valence-corrected chi connectivity index (χ3v) is 4.04. The molecule has 3 rings (SSSR count). The van der Waals surface area contributed by atoms with Crippen molar-refractivity contribution in [2.75, 3.05) is 31.2 Å². The highest BCUT2D eigenvalue weighted by atomic mass is 16.6. The number of rotatable bonds is 4. The smallest absolute Gasteiger partial charge is 0.416 e. The van der Waals surface area contributed by atoms with Gasteiger partial charge in [-0.15, -0.1) is 0 Å². The molecule has 8 nitrogen and oxygen atoms in total. The molecule has 8 heteroatoms. The Hall–Kier alpha value is -2.09. The topological polar surface area (TPSA) is 85.7 Å². The summed E-state index contributed by atoms with van der Waals surface area (Å²) in [6, 6.07) is 1.75. The van der Waals surface area contributed by atoms with Gasteiger partial charge in [-0.05, 0) is 12.8 Å². The van der Waals surface area contributed by atoms with Crippen molar-refractivity contribution in [2.45, 2.75) is 18.9 Å². The van der Waals surface area contributed by atoms with Crippen molar-refractivity contribution in [1.29, 1.82) is 0 Å². The summed E-state index contributed by atoms with van der Waals surface area (Å²) in [5.74, 6) is 0.695. The molecule has 1 unspecified atom stereocenters. The summed E-state index contributed by atoms with van der Waals surface area (Å²) in [4.78, 5) is 25.5. The highest BCUT2D eigenvalue weighted by molar-refractivity contribution is 5.88. The van der Waals surface area contributed by atoms with Gasteiger partial charge in [0.05, 0.1) is 19.3 Å². The van der Waals surface area contributed by atoms with Crippen molar-refractivity contribution in [1.82, 2.24) is 15.1 Å². The molecule has 0 aliphatic carbocycles. The van der Waals surface area contributed by atoms with Crippen LogP contribution in [-0.4, -0.2) is 54.2 Å². The maximum absolute atomic E-state index is 12.1. The average Bonchev–Trinajstić information content (AvgIpc) is 3.11. The van der Waals surface area contributed by atoms with Crippen LogP contribution >= 0.6 is 0 Å². The Morgan fingerprint density at radius 3 is 2.91 bits per heavy atom. The monoisotopic (exact) mass is 308 g/mol. The summed E-state index contributed by atoms with van der Waals surface area (Å²) < 4.78 is 12.2. The number of amides is 2. The van der Waals surface area contributed by atoms with Crippen LogP contribution in [-0.2, 0) is 21.3 Å². The largest absolute Gasteiger partial charge is 0.442 e. The second-order valence-corrected chi connectivity index (χ2v) is 5.56. The molecule has 1 N–H and O–H groups in total. The van der Waals surface area contributed by atoms with Gasteiger partial charge in [0.2, 0.25) is 5.91 Å². The van der Waals surface area contributed by atoms with Gasteiger partial charge < -0.3 is 14.8 Å². The van der Waals surface area contributed by atoms with Gasteiger partial charge in [-0.2, -0.15) is 5.10 Å². The van der Waals surface area contributed by atoms with Crippen molar-refractivity contribution in [3.63, 3.8) is 0 Å². The molecule has 2 fully saturated rings. The number of nitrogens with one attached hydrogen (secondary N) is 1. The zero-order chi connectivity index (χ0) is 15.5. The minimum absolute atomic E-state index is 0.000897. The maximum Gasteiger partial charge on any atom is 0.416 e. The molecule has 1 aromatic rings. The lowest BCUT2D eigenvalue weighted by Gasteiger charge is -2.21. The lowest BCUT2D eigenvalue weighted by Crippen LogP contribution is -2.39. The quantitative estimate of drug-likeness (QED) is 0.864. The van der Waals surface area contributed by atoms with Crippen LogP contribution in [0.15, 0.2) is 12.3 Å². The molecule has 2 aliphatic rings. The number of ether oxygens (including phenoxy) is 2. The van der Waals surface area contributed by atoms with E-state index < -0.39 is 6.09 Å². The van der Waals surface area contributed by atoms with Crippen molar-refractivity contribution >= 4 is 17.8 Å². The summed E-state index contributed by atoms with van der Waals surface area (Å²) >= 11 is 0. The van der Waals surface area contributed by atoms with Gasteiger partial charge in [0, 0.05) is 32.2 Å². The van der Waals surface area contributed by atoms with Crippen LogP contribution in [0.2, 0.25) is 0 Å². The number of nitrogens with zero attached hydrogens (tertiary/aromatic N) is 3. The van der Waals surface area contributed by atoms with Crippen molar-refractivity contribution < 1.29 is 19.1 Å². The van der Waals surface area contributed by atoms with E-state index in [-0.39, 0.29) is 17.9 Å². The zero-order valence-electron chi connectivity index (χ0n) is 12.5. The molecule has 2 amide bonds. The summed E-state index contributed by atoms with van der Waals surface area (Å²) in [6.45, 7) is 2.00. The number of aryl methyl sites for hydroxylation is 1. The van der Waals surface area contributed by atoms with E-state index in [2.05, 4.69) is 10.4 Å². The Morgan fingerprint density at radius 1 is 1.45 bits per heavy atom. The maximum atomic E-state index is 12.1. The second-order valence-electron chi connectivity index (χ2n) is 5.56. The van der Waals surface area contributed by atoms with E-state index >= 15 is 0 Å². The standard InChI is InChI=1S/C14H20N4O4/c1-17-12(2-5-16-17)18-9-11(22-14(18)20)8-15-13(19)10-3-6-21-7-4-10/h2,5,10-11H,3-4,6-9H2,1H3,(H,15,19). The highest BCUT2D eigenvalue weighted by Crippen LogP contribution is 2.20. The molecule has 2 aliphatic heterocycles. The van der Waals surface area contributed by atoms with Crippen LogP contribution in [0.5, 0.6) is 0 Å². The van der Waals surface area contributed by atoms with Crippen LogP contribution in [0.25, 0.3) is 0 Å². The number of cyclic esters (lactones) is 1.